The highest BCUT2D eigenvalue weighted by atomic mass is 35.5. The molecule has 4 aliphatic rings. The van der Waals surface area contributed by atoms with E-state index in [0.717, 1.165) is 111 Å². The molecule has 6 aromatic carbocycles. The Bertz CT molecular complexity index is 6140. The van der Waals surface area contributed by atoms with Gasteiger partial charge in [-0.2, -0.15) is 13.2 Å². The third-order valence-electron chi connectivity index (χ3n) is 24.8. The summed E-state index contributed by atoms with van der Waals surface area (Å²) < 4.78 is 71.4. The van der Waals surface area contributed by atoms with E-state index in [4.69, 9.17) is 47.0 Å². The van der Waals surface area contributed by atoms with Crippen LogP contribution in [0.25, 0.3) is 0 Å². The van der Waals surface area contributed by atoms with Crippen molar-refractivity contribution in [1.82, 2.24) is 59.8 Å². The van der Waals surface area contributed by atoms with Gasteiger partial charge >= 0.3 is 6.18 Å². The van der Waals surface area contributed by atoms with Crippen LogP contribution in [-0.4, -0.2) is 178 Å². The van der Waals surface area contributed by atoms with Crippen molar-refractivity contribution < 1.29 is 86.1 Å². The van der Waals surface area contributed by atoms with Crippen LogP contribution in [0, 0.1) is 25.5 Å². The predicted molar refractivity (Wildman–Crippen MR) is 499 cm³/mol. The van der Waals surface area contributed by atoms with Crippen LogP contribution in [0.5, 0.6) is 0 Å². The maximum Gasteiger partial charge on any atom is 0.416 e. The number of aliphatic hydroxyl groups is 6. The van der Waals surface area contributed by atoms with Gasteiger partial charge in [0.1, 0.15) is 86.2 Å². The first-order chi connectivity index (χ1) is 65.2. The minimum Gasteiger partial charge on any atom is -0.388 e. The summed E-state index contributed by atoms with van der Waals surface area (Å²) >= 11 is 7.84. The van der Waals surface area contributed by atoms with E-state index in [1.807, 2.05) is 45.0 Å². The standard InChI is InChI=1S/C21H18F2N2O2.C18H19F3N2O2.C18H20N2O3.C17H18N2O2.C16H15ClN2O2.C14H14N2O2S/c1-21(15-2-6-17(22)7-3-15,16-4-8-18(23)9-5-16)10-20-24-11-14(12-25-20)19(27)13-26;1-11-4-13(6-14(5-11)18(19,20)21)17(2,3)7-16-22-8-12(9-23-16)15(25)10-24;21-13-16(22)14-11-19-17(20-12-14)10-18(6-8-23-9-7-18)15-4-2-1-3-5-15;1-12-2-4-14(5-3-12)17(6-7-17)8-16-18-9-13(10-19-16)15(21)11-20;17-13-3-1-2-12(6-13)16(4-5-16)7-15-18-8-11(9-19-15)14(21)10-20;17-9-11(18)10-7-15-13(16-8-10)6-14(3-4-14)12-2-1-5-19-12/h2-9,11-12,26H,10,13H2,1H3;4-6,8-9,24H,7,10H2,1-3H3;1-5,11-12,21H,6-10,13H2;2-5,9-10,20H,6-8,11H2,1H3;1-3,6,8-9,20H,4-5,7,10H2;1-2,5,7-8,17H,3-4,6,9H2. The first kappa shape index (κ1) is 102. The summed E-state index contributed by atoms with van der Waals surface area (Å²) in [5, 5.41) is 55.9. The molecule has 32 heteroatoms. The second-order valence-corrected chi connectivity index (χ2v) is 36.5. The molecule has 25 nitrogen and oxygen atoms in total. The van der Waals surface area contributed by atoms with E-state index in [2.05, 4.69) is 139 Å². The van der Waals surface area contributed by atoms with Gasteiger partial charge < -0.3 is 35.4 Å². The zero-order valence-corrected chi connectivity index (χ0v) is 77.2. The molecule has 0 unspecified atom stereocenters. The average molecular weight is 1890 g/mol. The van der Waals surface area contributed by atoms with E-state index >= 15 is 0 Å². The quantitative estimate of drug-likeness (QED) is 0.0174. The van der Waals surface area contributed by atoms with Gasteiger partial charge in [-0.1, -0.05) is 147 Å². The van der Waals surface area contributed by atoms with Crippen molar-refractivity contribution in [2.24, 2.45) is 0 Å². The van der Waals surface area contributed by atoms with E-state index in [0.29, 0.717) is 75.9 Å². The van der Waals surface area contributed by atoms with Crippen LogP contribution in [0.1, 0.15) is 224 Å². The normalized spacial score (nSPS) is 14.5. The van der Waals surface area contributed by atoms with Crippen molar-refractivity contribution in [2.75, 3.05) is 52.9 Å². The molecule has 1 saturated heterocycles. The predicted octanol–water partition coefficient (Wildman–Crippen LogP) is 15.7. The first-order valence-corrected chi connectivity index (χ1v) is 45.4. The van der Waals surface area contributed by atoms with E-state index in [1.54, 1.807) is 48.6 Å². The Morgan fingerprint density at radius 3 is 1.03 bits per heavy atom. The summed E-state index contributed by atoms with van der Waals surface area (Å²) in [5.41, 5.74) is 8.15. The topological polar surface area (TPSA) is 388 Å². The fraction of sp³-hybridized carbons (Fsp3) is 0.327. The summed E-state index contributed by atoms with van der Waals surface area (Å²) in [4.78, 5) is 121. The number of carbonyl (C=O) groups is 6. The molecule has 0 radical (unpaired) electrons. The summed E-state index contributed by atoms with van der Waals surface area (Å²) in [6.07, 6.45) is 25.4. The number of carbonyl (C=O) groups excluding carboxylic acids is 6. The van der Waals surface area contributed by atoms with Crippen molar-refractivity contribution >= 4 is 57.6 Å². The molecule has 136 heavy (non-hydrogen) atoms. The molecule has 0 atom stereocenters. The molecule has 4 fully saturated rings. The minimum absolute atomic E-state index is 0.0258. The highest BCUT2D eigenvalue weighted by molar-refractivity contribution is 7.10. The molecule has 17 rings (SSSR count). The van der Waals surface area contributed by atoms with Crippen molar-refractivity contribution in [3.63, 3.8) is 0 Å². The fourth-order valence-electron chi connectivity index (χ4n) is 16.0. The smallest absolute Gasteiger partial charge is 0.388 e. The maximum atomic E-state index is 13.4. The van der Waals surface area contributed by atoms with E-state index < -0.39 is 73.8 Å². The number of ketones is 6. The molecule has 13 aromatic rings. The molecule has 3 saturated carbocycles. The van der Waals surface area contributed by atoms with Gasteiger partial charge in [0.15, 0.2) is 34.7 Å². The molecule has 706 valence electrons. The van der Waals surface area contributed by atoms with Crippen LogP contribution in [0.4, 0.5) is 22.0 Å². The molecule has 7 aromatic heterocycles. The monoisotopic (exact) mass is 1890 g/mol. The van der Waals surface area contributed by atoms with Crippen molar-refractivity contribution in [3.05, 3.63) is 377 Å². The van der Waals surface area contributed by atoms with Crippen LogP contribution in [0.2, 0.25) is 5.02 Å². The molecule has 0 amide bonds. The van der Waals surface area contributed by atoms with Crippen LogP contribution in [-0.2, 0) is 81.9 Å². The molecule has 0 spiro atoms. The van der Waals surface area contributed by atoms with Crippen LogP contribution < -0.4 is 0 Å². The molecule has 3 aliphatic carbocycles. The molecule has 8 heterocycles. The molecule has 0 bridgehead atoms. The van der Waals surface area contributed by atoms with Gasteiger partial charge in [-0.05, 0) is 164 Å². The highest BCUT2D eigenvalue weighted by Gasteiger charge is 2.48. The van der Waals surface area contributed by atoms with Crippen LogP contribution in [0.3, 0.4) is 0 Å². The van der Waals surface area contributed by atoms with E-state index in [9.17, 15) is 50.7 Å². The lowest BCUT2D eigenvalue weighted by Gasteiger charge is -2.37. The van der Waals surface area contributed by atoms with Crippen molar-refractivity contribution in [1.29, 1.82) is 0 Å². The Balaban J connectivity index is 0.000000147. The van der Waals surface area contributed by atoms with E-state index in [1.165, 1.54) is 139 Å². The first-order valence-electron chi connectivity index (χ1n) is 44.1. The van der Waals surface area contributed by atoms with Crippen molar-refractivity contribution in [2.45, 2.75) is 163 Å². The third-order valence-corrected chi connectivity index (χ3v) is 26.2. The van der Waals surface area contributed by atoms with Gasteiger partial charge in [0.05, 0.1) is 38.9 Å². The lowest BCUT2D eigenvalue weighted by molar-refractivity contribution is -0.137. The number of rotatable bonds is 31. The summed E-state index contributed by atoms with van der Waals surface area (Å²) in [6.45, 7) is 7.49. The molecular formula is C104H104ClF5N12O13S. The third kappa shape index (κ3) is 27.3. The second kappa shape index (κ2) is 46.1. The van der Waals surface area contributed by atoms with Gasteiger partial charge in [-0.25, -0.2) is 68.6 Å². The largest absolute Gasteiger partial charge is 0.416 e. The molecule has 1 aliphatic heterocycles. The number of aromatic nitrogens is 12. The van der Waals surface area contributed by atoms with Crippen LogP contribution >= 0.6 is 22.9 Å². The maximum absolute atomic E-state index is 13.4. The SMILES string of the molecule is CC(Cc1ncc(C(=O)CO)cn1)(c1ccc(F)cc1)c1ccc(F)cc1.Cc1cc(C(F)(F)F)cc(C(C)(C)Cc2ncc(C(=O)CO)cn2)c1.Cc1ccc(C2(Cc3ncc(C(=O)CO)cn3)CC2)cc1.O=C(CO)c1cnc(CC2(c3cccc(Cl)c3)CC2)nc1.O=C(CO)c1cnc(CC2(c3ccccc3)CCOCC2)nc1.O=C(CO)c1cnc(CC2(c3cccs3)CC2)nc1. The lowest BCUT2D eigenvalue weighted by Crippen LogP contribution is -2.36. The zero-order chi connectivity index (χ0) is 97.4. The fourth-order valence-corrected chi connectivity index (χ4v) is 17.2. The Morgan fingerprint density at radius 2 is 0.684 bits per heavy atom. The van der Waals surface area contributed by atoms with Gasteiger partial charge in [0.2, 0.25) is 0 Å². The van der Waals surface area contributed by atoms with Gasteiger partial charge in [-0.3, -0.25) is 28.8 Å². The Hall–Kier alpha value is -12.8. The number of benzene rings is 6. The summed E-state index contributed by atoms with van der Waals surface area (Å²) in [6, 6.07) is 47.4. The number of Topliss-reactive ketones (excluding diaryl/α,β-unsaturated/α-hetero) is 6. The minimum atomic E-state index is -4.40. The van der Waals surface area contributed by atoms with Crippen molar-refractivity contribution in [3.8, 4) is 0 Å². The van der Waals surface area contributed by atoms with Gasteiger partial charge in [-0.15, -0.1) is 11.3 Å². The summed E-state index contributed by atoms with van der Waals surface area (Å²) in [5.74, 6) is 0.780. The number of alkyl halides is 3. The number of aryl methyl sites for hydroxylation is 2. The lowest BCUT2D eigenvalue weighted by atomic mass is 9.71. The second-order valence-electron chi connectivity index (χ2n) is 35.1. The number of hydrogen-bond acceptors (Lipinski definition) is 26. The Labute approximate surface area is 792 Å². The van der Waals surface area contributed by atoms with Gasteiger partial charge in [0, 0.05) is 163 Å². The Morgan fingerprint density at radius 1 is 0.353 bits per heavy atom. The number of ether oxygens (including phenoxy) is 1. The number of hydrogen-bond donors (Lipinski definition) is 6. The van der Waals surface area contributed by atoms with E-state index in [-0.39, 0.29) is 67.6 Å². The number of nitrogens with zero attached hydrogens (tertiary/aromatic N) is 12. The Kier molecular flexibility index (Phi) is 34.7. The van der Waals surface area contributed by atoms with Crippen LogP contribution in [0.15, 0.2) is 237 Å². The summed E-state index contributed by atoms with van der Waals surface area (Å²) in [7, 11) is 0. The number of halogens is 6. The molecular weight excluding hydrogens is 1790 g/mol. The van der Waals surface area contributed by atoms with Gasteiger partial charge in [0.25, 0.3) is 0 Å². The highest BCUT2D eigenvalue weighted by Crippen LogP contribution is 2.53. The molecule has 6 N–H and O–H groups in total. The number of aliphatic hydroxyl groups excluding tert-OH is 6. The average Bonchev–Trinajstić information content (AvgIpc) is 1.57. The number of thiophene rings is 1. The zero-order valence-electron chi connectivity index (χ0n) is 75.7.